The first-order valence-corrected chi connectivity index (χ1v) is 9.04. The van der Waals surface area contributed by atoms with Crippen molar-refractivity contribution in [3.05, 3.63) is 29.3 Å². The molecular formula is C15H22N2O2S. The van der Waals surface area contributed by atoms with Gasteiger partial charge in [0, 0.05) is 12.2 Å². The zero-order chi connectivity index (χ0) is 14.0. The van der Waals surface area contributed by atoms with Crippen molar-refractivity contribution in [1.29, 1.82) is 0 Å². The highest BCUT2D eigenvalue weighted by Gasteiger charge is 2.27. The maximum atomic E-state index is 12.4. The van der Waals surface area contributed by atoms with E-state index in [9.17, 15) is 8.42 Å². The van der Waals surface area contributed by atoms with Crippen molar-refractivity contribution >= 4 is 15.7 Å². The molecule has 110 valence electrons. The van der Waals surface area contributed by atoms with E-state index in [2.05, 4.69) is 16.1 Å². The van der Waals surface area contributed by atoms with Crippen LogP contribution < -0.4 is 10.0 Å². The third-order valence-electron chi connectivity index (χ3n) is 4.34. The van der Waals surface area contributed by atoms with Crippen LogP contribution in [0.5, 0.6) is 0 Å². The summed E-state index contributed by atoms with van der Waals surface area (Å²) < 4.78 is 27.6. The number of sulfonamides is 1. The first-order valence-electron chi connectivity index (χ1n) is 7.49. The standard InChI is InChI=1S/C15H22N2O2S/c18-20(19,15-4-2-1-3-5-15)17-14-7-6-12-8-9-16-11-13(12)10-14/h6-7,10,15-17H,1-5,8-9,11H2. The Hall–Kier alpha value is -1.07. The fraction of sp³-hybridized carbons (Fsp3) is 0.600. The molecule has 0 spiro atoms. The van der Waals surface area contributed by atoms with Gasteiger partial charge in [0.25, 0.3) is 0 Å². The Morgan fingerprint density at radius 3 is 2.70 bits per heavy atom. The molecule has 2 N–H and O–H groups in total. The topological polar surface area (TPSA) is 58.2 Å². The van der Waals surface area contributed by atoms with Crippen molar-refractivity contribution in [2.24, 2.45) is 0 Å². The molecule has 0 bridgehead atoms. The van der Waals surface area contributed by atoms with E-state index in [1.54, 1.807) is 0 Å². The molecule has 1 saturated carbocycles. The van der Waals surface area contributed by atoms with Gasteiger partial charge in [-0.15, -0.1) is 0 Å². The molecule has 1 fully saturated rings. The van der Waals surface area contributed by atoms with Gasteiger partial charge in [-0.25, -0.2) is 8.42 Å². The molecule has 0 aromatic heterocycles. The highest BCUT2D eigenvalue weighted by atomic mass is 32.2. The van der Waals surface area contributed by atoms with Gasteiger partial charge in [0.05, 0.1) is 5.25 Å². The lowest BCUT2D eigenvalue weighted by Crippen LogP contribution is -2.30. The molecule has 1 heterocycles. The number of nitrogens with one attached hydrogen (secondary N) is 2. The Kier molecular flexibility index (Phi) is 3.98. The lowest BCUT2D eigenvalue weighted by Gasteiger charge is -2.23. The molecule has 20 heavy (non-hydrogen) atoms. The molecule has 1 aliphatic carbocycles. The number of rotatable bonds is 3. The van der Waals surface area contributed by atoms with Gasteiger partial charge in [-0.1, -0.05) is 25.3 Å². The SMILES string of the molecule is O=S(=O)(Nc1ccc2c(c1)CNCC2)C1CCCCC1. The zero-order valence-electron chi connectivity index (χ0n) is 11.7. The van der Waals surface area contributed by atoms with Crippen molar-refractivity contribution in [2.75, 3.05) is 11.3 Å². The monoisotopic (exact) mass is 294 g/mol. The van der Waals surface area contributed by atoms with E-state index in [0.29, 0.717) is 5.69 Å². The minimum Gasteiger partial charge on any atom is -0.312 e. The van der Waals surface area contributed by atoms with E-state index >= 15 is 0 Å². The van der Waals surface area contributed by atoms with Crippen molar-refractivity contribution in [1.82, 2.24) is 5.32 Å². The molecule has 1 aliphatic heterocycles. The summed E-state index contributed by atoms with van der Waals surface area (Å²) in [6.07, 6.45) is 5.82. The Bertz CT molecular complexity index is 578. The fourth-order valence-electron chi connectivity index (χ4n) is 3.17. The smallest absolute Gasteiger partial charge is 0.235 e. The van der Waals surface area contributed by atoms with Gasteiger partial charge in [-0.05, 0) is 49.1 Å². The van der Waals surface area contributed by atoms with Crippen LogP contribution in [-0.2, 0) is 23.0 Å². The second-order valence-electron chi connectivity index (χ2n) is 5.82. The number of benzene rings is 1. The van der Waals surface area contributed by atoms with Crippen LogP contribution in [-0.4, -0.2) is 20.2 Å². The maximum Gasteiger partial charge on any atom is 0.235 e. The first kappa shape index (κ1) is 13.9. The maximum absolute atomic E-state index is 12.4. The van der Waals surface area contributed by atoms with Gasteiger partial charge in [0.2, 0.25) is 10.0 Å². The molecule has 0 amide bonds. The molecule has 0 unspecified atom stereocenters. The fourth-order valence-corrected chi connectivity index (χ4v) is 4.74. The molecular weight excluding hydrogens is 272 g/mol. The number of anilines is 1. The van der Waals surface area contributed by atoms with Crippen LogP contribution in [0.2, 0.25) is 0 Å². The highest BCUT2D eigenvalue weighted by Crippen LogP contribution is 2.26. The van der Waals surface area contributed by atoms with E-state index in [1.165, 1.54) is 11.1 Å². The second kappa shape index (κ2) is 5.74. The summed E-state index contributed by atoms with van der Waals surface area (Å²) in [5, 5.41) is 3.10. The Morgan fingerprint density at radius 2 is 1.90 bits per heavy atom. The molecule has 3 rings (SSSR count). The lowest BCUT2D eigenvalue weighted by molar-refractivity contribution is 0.486. The second-order valence-corrected chi connectivity index (χ2v) is 7.78. The summed E-state index contributed by atoms with van der Waals surface area (Å²) in [5.41, 5.74) is 3.24. The summed E-state index contributed by atoms with van der Waals surface area (Å²) in [6.45, 7) is 1.83. The Balaban J connectivity index is 1.76. The third-order valence-corrected chi connectivity index (χ3v) is 6.21. The zero-order valence-corrected chi connectivity index (χ0v) is 12.5. The van der Waals surface area contributed by atoms with Gasteiger partial charge >= 0.3 is 0 Å². The molecule has 0 atom stereocenters. The van der Waals surface area contributed by atoms with Gasteiger partial charge in [0.15, 0.2) is 0 Å². The summed E-state index contributed by atoms with van der Waals surface area (Å²) in [6, 6.07) is 5.92. The van der Waals surface area contributed by atoms with Crippen LogP contribution in [0, 0.1) is 0 Å². The van der Waals surface area contributed by atoms with E-state index in [1.807, 2.05) is 12.1 Å². The van der Waals surface area contributed by atoms with Crippen LogP contribution >= 0.6 is 0 Å². The van der Waals surface area contributed by atoms with E-state index < -0.39 is 10.0 Å². The lowest BCUT2D eigenvalue weighted by atomic mass is 10.0. The van der Waals surface area contributed by atoms with E-state index in [0.717, 1.165) is 51.6 Å². The molecule has 5 heteroatoms. The predicted molar refractivity (Wildman–Crippen MR) is 81.3 cm³/mol. The van der Waals surface area contributed by atoms with Crippen molar-refractivity contribution in [3.63, 3.8) is 0 Å². The summed E-state index contributed by atoms with van der Waals surface area (Å²) in [5.74, 6) is 0. The summed E-state index contributed by atoms with van der Waals surface area (Å²) >= 11 is 0. The van der Waals surface area contributed by atoms with Gasteiger partial charge < -0.3 is 5.32 Å². The molecule has 0 radical (unpaired) electrons. The predicted octanol–water partition coefficient (Wildman–Crippen LogP) is 2.41. The third kappa shape index (κ3) is 2.99. The molecule has 4 nitrogen and oxygen atoms in total. The molecule has 1 aromatic carbocycles. The van der Waals surface area contributed by atoms with E-state index in [-0.39, 0.29) is 5.25 Å². The minimum atomic E-state index is -3.23. The number of hydrogen-bond acceptors (Lipinski definition) is 3. The largest absolute Gasteiger partial charge is 0.312 e. The van der Waals surface area contributed by atoms with Crippen molar-refractivity contribution < 1.29 is 8.42 Å². The first-order chi connectivity index (χ1) is 9.65. The van der Waals surface area contributed by atoms with Gasteiger partial charge in [-0.2, -0.15) is 0 Å². The molecule has 1 aromatic rings. The number of fused-ring (bicyclic) bond motifs is 1. The average molecular weight is 294 g/mol. The van der Waals surface area contributed by atoms with Crippen LogP contribution in [0.4, 0.5) is 5.69 Å². The molecule has 0 saturated heterocycles. The van der Waals surface area contributed by atoms with E-state index in [4.69, 9.17) is 0 Å². The Morgan fingerprint density at radius 1 is 1.10 bits per heavy atom. The van der Waals surface area contributed by atoms with Gasteiger partial charge in [0.1, 0.15) is 0 Å². The van der Waals surface area contributed by atoms with Crippen molar-refractivity contribution in [3.8, 4) is 0 Å². The minimum absolute atomic E-state index is 0.217. The average Bonchev–Trinajstić information content (AvgIpc) is 2.48. The van der Waals surface area contributed by atoms with Crippen LogP contribution in [0.15, 0.2) is 18.2 Å². The quantitative estimate of drug-likeness (QED) is 0.900. The number of hydrogen-bond donors (Lipinski definition) is 2. The Labute approximate surface area is 121 Å². The van der Waals surface area contributed by atoms with Crippen LogP contribution in [0.25, 0.3) is 0 Å². The summed E-state index contributed by atoms with van der Waals surface area (Å²) in [4.78, 5) is 0. The van der Waals surface area contributed by atoms with Crippen molar-refractivity contribution in [2.45, 2.75) is 50.3 Å². The van der Waals surface area contributed by atoms with Crippen LogP contribution in [0.1, 0.15) is 43.2 Å². The summed E-state index contributed by atoms with van der Waals surface area (Å²) in [7, 11) is -3.23. The van der Waals surface area contributed by atoms with Gasteiger partial charge in [-0.3, -0.25) is 4.72 Å². The highest BCUT2D eigenvalue weighted by molar-refractivity contribution is 7.93. The van der Waals surface area contributed by atoms with Crippen LogP contribution in [0.3, 0.4) is 0 Å². The normalized spacial score (nSPS) is 20.4. The molecule has 2 aliphatic rings.